The summed E-state index contributed by atoms with van der Waals surface area (Å²) in [6.45, 7) is 0.541. The topological polar surface area (TPSA) is 68.7 Å². The van der Waals surface area contributed by atoms with Crippen LogP contribution in [0.5, 0.6) is 11.5 Å². The molecule has 5 nitrogen and oxygen atoms in total. The lowest BCUT2D eigenvalue weighted by Crippen LogP contribution is -2.01. The van der Waals surface area contributed by atoms with Crippen LogP contribution in [0.15, 0.2) is 47.6 Å². The lowest BCUT2D eigenvalue weighted by molar-refractivity contribution is 0.0696. The number of pyridine rings is 1. The molecule has 0 radical (unpaired) electrons. The molecule has 0 aliphatic rings. The van der Waals surface area contributed by atoms with Gasteiger partial charge in [0.2, 0.25) is 0 Å². The molecule has 0 aliphatic carbocycles. The van der Waals surface area contributed by atoms with Crippen LogP contribution in [0.2, 0.25) is 0 Å². The van der Waals surface area contributed by atoms with Crippen LogP contribution in [-0.4, -0.2) is 35.5 Å². The van der Waals surface area contributed by atoms with Crippen molar-refractivity contribution in [2.24, 2.45) is 0 Å². The highest BCUT2D eigenvalue weighted by Gasteiger charge is 2.03. The van der Waals surface area contributed by atoms with Crippen molar-refractivity contribution in [2.45, 2.75) is 5.03 Å². The number of hydrogen-bond acceptors (Lipinski definition) is 5. The summed E-state index contributed by atoms with van der Waals surface area (Å²) in [5.74, 6) is 1.33. The van der Waals surface area contributed by atoms with Gasteiger partial charge in [-0.3, -0.25) is 0 Å². The number of rotatable bonds is 7. The molecule has 21 heavy (non-hydrogen) atoms. The molecule has 0 amide bonds. The van der Waals surface area contributed by atoms with Gasteiger partial charge >= 0.3 is 5.97 Å². The number of carboxylic acids is 1. The van der Waals surface area contributed by atoms with E-state index in [0.29, 0.717) is 6.61 Å². The molecule has 0 bridgehead atoms. The Morgan fingerprint density at radius 2 is 1.90 bits per heavy atom. The third-order valence-corrected chi connectivity index (χ3v) is 3.55. The number of methoxy groups -OCH3 is 1. The van der Waals surface area contributed by atoms with E-state index in [0.717, 1.165) is 22.3 Å². The average Bonchev–Trinajstić information content (AvgIpc) is 2.52. The maximum atomic E-state index is 10.7. The van der Waals surface area contributed by atoms with Crippen molar-refractivity contribution >= 4 is 17.7 Å². The second-order valence-electron chi connectivity index (χ2n) is 4.06. The van der Waals surface area contributed by atoms with Gasteiger partial charge in [0.15, 0.2) is 0 Å². The number of ether oxygens (including phenoxy) is 2. The van der Waals surface area contributed by atoms with E-state index in [1.807, 2.05) is 24.3 Å². The molecule has 1 aromatic heterocycles. The molecular formula is C15H15NO4S. The van der Waals surface area contributed by atoms with Crippen molar-refractivity contribution < 1.29 is 19.4 Å². The Morgan fingerprint density at radius 1 is 1.19 bits per heavy atom. The summed E-state index contributed by atoms with van der Waals surface area (Å²) in [5, 5.41) is 9.55. The molecule has 0 atom stereocenters. The first-order valence-corrected chi connectivity index (χ1v) is 7.26. The maximum absolute atomic E-state index is 10.7. The van der Waals surface area contributed by atoms with E-state index in [1.165, 1.54) is 18.0 Å². The molecule has 0 unspecified atom stereocenters. The zero-order chi connectivity index (χ0) is 15.1. The summed E-state index contributed by atoms with van der Waals surface area (Å²) < 4.78 is 10.7. The van der Waals surface area contributed by atoms with Gasteiger partial charge in [-0.1, -0.05) is 0 Å². The third kappa shape index (κ3) is 4.68. The van der Waals surface area contributed by atoms with Gasteiger partial charge in [0, 0.05) is 11.9 Å². The molecular weight excluding hydrogens is 290 g/mol. The molecule has 1 aromatic carbocycles. The second-order valence-corrected chi connectivity index (χ2v) is 5.18. The van der Waals surface area contributed by atoms with Crippen LogP contribution in [0.1, 0.15) is 10.4 Å². The molecule has 0 saturated heterocycles. The highest BCUT2D eigenvalue weighted by atomic mass is 32.2. The highest BCUT2D eigenvalue weighted by molar-refractivity contribution is 7.99. The van der Waals surface area contributed by atoms with Crippen molar-refractivity contribution in [2.75, 3.05) is 19.5 Å². The normalized spacial score (nSPS) is 10.1. The monoisotopic (exact) mass is 305 g/mol. The fourth-order valence-corrected chi connectivity index (χ4v) is 2.24. The van der Waals surface area contributed by atoms with E-state index < -0.39 is 5.97 Å². The number of carbonyl (C=O) groups is 1. The van der Waals surface area contributed by atoms with Crippen molar-refractivity contribution in [3.05, 3.63) is 48.2 Å². The Morgan fingerprint density at radius 3 is 2.48 bits per heavy atom. The van der Waals surface area contributed by atoms with Gasteiger partial charge in [-0.2, -0.15) is 0 Å². The van der Waals surface area contributed by atoms with Crippen LogP contribution in [0, 0.1) is 0 Å². The second kappa shape index (κ2) is 7.54. The Balaban J connectivity index is 1.74. The molecule has 0 fully saturated rings. The summed E-state index contributed by atoms with van der Waals surface area (Å²) in [6.07, 6.45) is 1.36. The zero-order valence-corrected chi connectivity index (χ0v) is 12.3. The summed E-state index contributed by atoms with van der Waals surface area (Å²) >= 11 is 1.51. The zero-order valence-electron chi connectivity index (χ0n) is 11.5. The number of carboxylic acid groups (broad SMARTS) is 1. The van der Waals surface area contributed by atoms with Gasteiger partial charge in [-0.15, -0.1) is 11.8 Å². The van der Waals surface area contributed by atoms with Crippen molar-refractivity contribution in [1.29, 1.82) is 0 Å². The summed E-state index contributed by atoms with van der Waals surface area (Å²) in [4.78, 5) is 14.8. The van der Waals surface area contributed by atoms with Crippen molar-refractivity contribution in [3.63, 3.8) is 0 Å². The highest BCUT2D eigenvalue weighted by Crippen LogP contribution is 2.19. The van der Waals surface area contributed by atoms with E-state index >= 15 is 0 Å². The lowest BCUT2D eigenvalue weighted by Gasteiger charge is -2.06. The molecule has 1 heterocycles. The Kier molecular flexibility index (Phi) is 5.45. The Bertz CT molecular complexity index is 584. The summed E-state index contributed by atoms with van der Waals surface area (Å²) in [5.41, 5.74) is 0.189. The fraction of sp³-hybridized carbons (Fsp3) is 0.200. The smallest absolute Gasteiger partial charge is 0.337 e. The van der Waals surface area contributed by atoms with Gasteiger partial charge < -0.3 is 14.6 Å². The first kappa shape index (κ1) is 15.2. The predicted octanol–water partition coefficient (Wildman–Crippen LogP) is 2.96. The minimum Gasteiger partial charge on any atom is -0.497 e. The predicted molar refractivity (Wildman–Crippen MR) is 80.4 cm³/mol. The largest absolute Gasteiger partial charge is 0.497 e. The van der Waals surface area contributed by atoms with E-state index in [1.54, 1.807) is 19.2 Å². The standard InChI is InChI=1S/C15H15NO4S/c1-19-12-3-5-13(6-4-12)20-8-9-21-14-7-2-11(10-16-14)15(17)18/h2-7,10H,8-9H2,1H3,(H,17,18). The number of aromatic nitrogens is 1. The first-order chi connectivity index (χ1) is 10.2. The molecule has 1 N–H and O–H groups in total. The Labute approximate surface area is 126 Å². The molecule has 110 valence electrons. The van der Waals surface area contributed by atoms with Crippen LogP contribution in [0.25, 0.3) is 0 Å². The number of thioether (sulfide) groups is 1. The third-order valence-electron chi connectivity index (χ3n) is 2.64. The number of benzene rings is 1. The van der Waals surface area contributed by atoms with E-state index in [4.69, 9.17) is 14.6 Å². The number of hydrogen-bond donors (Lipinski definition) is 1. The first-order valence-electron chi connectivity index (χ1n) is 6.28. The van der Waals surface area contributed by atoms with Crippen molar-refractivity contribution in [1.82, 2.24) is 4.98 Å². The lowest BCUT2D eigenvalue weighted by atomic mass is 10.3. The molecule has 2 rings (SSSR count). The quantitative estimate of drug-likeness (QED) is 0.626. The SMILES string of the molecule is COc1ccc(OCCSc2ccc(C(=O)O)cn2)cc1. The number of nitrogens with zero attached hydrogens (tertiary/aromatic N) is 1. The summed E-state index contributed by atoms with van der Waals surface area (Å²) in [6, 6.07) is 10.6. The van der Waals surface area contributed by atoms with E-state index in [-0.39, 0.29) is 5.56 Å². The van der Waals surface area contributed by atoms with Crippen LogP contribution in [-0.2, 0) is 0 Å². The molecule has 0 aliphatic heterocycles. The molecule has 2 aromatic rings. The van der Waals surface area contributed by atoms with Crippen LogP contribution < -0.4 is 9.47 Å². The van der Waals surface area contributed by atoms with E-state index in [9.17, 15) is 4.79 Å². The van der Waals surface area contributed by atoms with Crippen molar-refractivity contribution in [3.8, 4) is 11.5 Å². The van der Waals surface area contributed by atoms with Crippen LogP contribution >= 0.6 is 11.8 Å². The van der Waals surface area contributed by atoms with Crippen LogP contribution in [0.4, 0.5) is 0 Å². The van der Waals surface area contributed by atoms with Gasteiger partial charge in [-0.05, 0) is 36.4 Å². The summed E-state index contributed by atoms with van der Waals surface area (Å²) in [7, 11) is 1.62. The molecule has 0 spiro atoms. The molecule has 0 saturated carbocycles. The maximum Gasteiger partial charge on any atom is 0.337 e. The van der Waals surface area contributed by atoms with Gasteiger partial charge in [0.25, 0.3) is 0 Å². The molecule has 6 heteroatoms. The van der Waals surface area contributed by atoms with Gasteiger partial charge in [0.1, 0.15) is 11.5 Å². The van der Waals surface area contributed by atoms with Crippen LogP contribution in [0.3, 0.4) is 0 Å². The van der Waals surface area contributed by atoms with Gasteiger partial charge in [-0.25, -0.2) is 9.78 Å². The van der Waals surface area contributed by atoms with E-state index in [2.05, 4.69) is 4.98 Å². The minimum absolute atomic E-state index is 0.189. The average molecular weight is 305 g/mol. The minimum atomic E-state index is -0.970. The Hall–Kier alpha value is -2.21. The fourth-order valence-electron chi connectivity index (χ4n) is 1.57. The van der Waals surface area contributed by atoms with Gasteiger partial charge in [0.05, 0.1) is 24.3 Å². The number of aromatic carboxylic acids is 1.